The summed E-state index contributed by atoms with van der Waals surface area (Å²) in [5.41, 5.74) is -0.141. The highest BCUT2D eigenvalue weighted by Gasteiger charge is 2.52. The van der Waals surface area contributed by atoms with E-state index < -0.39 is 5.41 Å². The molecule has 0 N–H and O–H groups in total. The van der Waals surface area contributed by atoms with Gasteiger partial charge in [-0.3, -0.25) is 9.59 Å². The van der Waals surface area contributed by atoms with Crippen LogP contribution in [0.3, 0.4) is 0 Å². The first-order valence-electron chi connectivity index (χ1n) is 5.21. The van der Waals surface area contributed by atoms with Gasteiger partial charge in [-0.05, 0) is 12.8 Å². The van der Waals surface area contributed by atoms with Crippen LogP contribution in [0.5, 0.6) is 0 Å². The number of allylic oxidation sites excluding steroid dienone is 4. The SMILES string of the molecule is COC1=C(OC)C(=O)C2(CCC=C2C=O)C1. The summed E-state index contributed by atoms with van der Waals surface area (Å²) < 4.78 is 10.2. The van der Waals surface area contributed by atoms with E-state index in [0.717, 1.165) is 12.7 Å². The number of methoxy groups -OCH3 is 2. The molecule has 1 spiro atoms. The molecule has 1 unspecified atom stereocenters. The summed E-state index contributed by atoms with van der Waals surface area (Å²) in [6, 6.07) is 0. The Morgan fingerprint density at radius 2 is 2.12 bits per heavy atom. The third kappa shape index (κ3) is 1.22. The first-order valence-corrected chi connectivity index (χ1v) is 5.21. The molecule has 0 radical (unpaired) electrons. The molecule has 2 aliphatic rings. The minimum atomic E-state index is -0.710. The fraction of sp³-hybridized carbons (Fsp3) is 0.500. The summed E-state index contributed by atoms with van der Waals surface area (Å²) in [5, 5.41) is 0. The molecule has 0 heterocycles. The van der Waals surface area contributed by atoms with Crippen LogP contribution in [0.1, 0.15) is 19.3 Å². The number of ether oxygens (including phenoxy) is 2. The average Bonchev–Trinajstić information content (AvgIpc) is 2.83. The maximum Gasteiger partial charge on any atom is 0.211 e. The van der Waals surface area contributed by atoms with Gasteiger partial charge in [0.1, 0.15) is 12.0 Å². The second-order valence-corrected chi connectivity index (χ2v) is 4.06. The second kappa shape index (κ2) is 3.77. The van der Waals surface area contributed by atoms with E-state index in [1.807, 2.05) is 6.08 Å². The maximum absolute atomic E-state index is 12.2. The molecule has 86 valence electrons. The van der Waals surface area contributed by atoms with Gasteiger partial charge in [-0.1, -0.05) is 6.08 Å². The molecule has 0 aromatic carbocycles. The zero-order valence-electron chi connectivity index (χ0n) is 9.41. The van der Waals surface area contributed by atoms with Crippen molar-refractivity contribution in [2.45, 2.75) is 19.3 Å². The van der Waals surface area contributed by atoms with E-state index in [1.165, 1.54) is 14.2 Å². The molecule has 0 aromatic heterocycles. The quantitative estimate of drug-likeness (QED) is 0.677. The van der Waals surface area contributed by atoms with Crippen molar-refractivity contribution in [2.24, 2.45) is 5.41 Å². The Bertz CT molecular complexity index is 405. The number of hydrogen-bond acceptors (Lipinski definition) is 4. The molecule has 0 amide bonds. The van der Waals surface area contributed by atoms with E-state index in [0.29, 0.717) is 24.2 Å². The van der Waals surface area contributed by atoms with Gasteiger partial charge in [0.2, 0.25) is 11.5 Å². The van der Waals surface area contributed by atoms with Crippen molar-refractivity contribution in [3.8, 4) is 0 Å². The van der Waals surface area contributed by atoms with Crippen molar-refractivity contribution in [1.82, 2.24) is 0 Å². The smallest absolute Gasteiger partial charge is 0.211 e. The largest absolute Gasteiger partial charge is 0.497 e. The van der Waals surface area contributed by atoms with Gasteiger partial charge in [0, 0.05) is 12.0 Å². The van der Waals surface area contributed by atoms with Crippen molar-refractivity contribution in [3.05, 3.63) is 23.2 Å². The van der Waals surface area contributed by atoms with Crippen LogP contribution < -0.4 is 0 Å². The number of ketones is 1. The number of hydrogen-bond donors (Lipinski definition) is 0. The Hall–Kier alpha value is -1.58. The minimum Gasteiger partial charge on any atom is -0.497 e. The van der Waals surface area contributed by atoms with Crippen molar-refractivity contribution < 1.29 is 19.1 Å². The molecule has 0 fully saturated rings. The monoisotopic (exact) mass is 222 g/mol. The topological polar surface area (TPSA) is 52.6 Å². The lowest BCUT2D eigenvalue weighted by atomic mass is 9.78. The van der Waals surface area contributed by atoms with E-state index in [2.05, 4.69) is 0 Å². The summed E-state index contributed by atoms with van der Waals surface area (Å²) in [5.74, 6) is 0.682. The molecule has 16 heavy (non-hydrogen) atoms. The Labute approximate surface area is 93.9 Å². The first-order chi connectivity index (χ1) is 7.69. The van der Waals surface area contributed by atoms with Crippen molar-refractivity contribution in [1.29, 1.82) is 0 Å². The predicted octanol–water partition coefficient (Wildman–Crippen LogP) is 1.37. The molecular weight excluding hydrogens is 208 g/mol. The first kappa shape index (κ1) is 10.9. The molecule has 2 aliphatic carbocycles. The van der Waals surface area contributed by atoms with Crippen LogP contribution in [0.25, 0.3) is 0 Å². The highest BCUT2D eigenvalue weighted by molar-refractivity contribution is 6.07. The van der Waals surface area contributed by atoms with Crippen LogP contribution in [0, 0.1) is 5.41 Å². The van der Waals surface area contributed by atoms with Gasteiger partial charge < -0.3 is 9.47 Å². The van der Waals surface area contributed by atoms with Crippen LogP contribution in [-0.4, -0.2) is 26.3 Å². The molecule has 0 saturated carbocycles. The van der Waals surface area contributed by atoms with Gasteiger partial charge in [0.05, 0.1) is 19.6 Å². The van der Waals surface area contributed by atoms with Gasteiger partial charge in [-0.15, -0.1) is 0 Å². The van der Waals surface area contributed by atoms with Crippen molar-refractivity contribution in [3.63, 3.8) is 0 Å². The van der Waals surface area contributed by atoms with Crippen LogP contribution in [0.15, 0.2) is 23.2 Å². The molecule has 0 aliphatic heterocycles. The lowest BCUT2D eigenvalue weighted by Gasteiger charge is -2.22. The zero-order chi connectivity index (χ0) is 11.8. The molecule has 2 rings (SSSR count). The fourth-order valence-corrected chi connectivity index (χ4v) is 2.56. The lowest BCUT2D eigenvalue weighted by molar-refractivity contribution is -0.125. The molecule has 4 nitrogen and oxygen atoms in total. The van der Waals surface area contributed by atoms with Gasteiger partial charge in [-0.2, -0.15) is 0 Å². The van der Waals surface area contributed by atoms with E-state index in [1.54, 1.807) is 0 Å². The summed E-state index contributed by atoms with van der Waals surface area (Å²) in [7, 11) is 2.96. The van der Waals surface area contributed by atoms with Gasteiger partial charge >= 0.3 is 0 Å². The number of carbonyl (C=O) groups is 2. The van der Waals surface area contributed by atoms with Gasteiger partial charge in [0.25, 0.3) is 0 Å². The van der Waals surface area contributed by atoms with Crippen LogP contribution in [0.2, 0.25) is 0 Å². The van der Waals surface area contributed by atoms with E-state index in [4.69, 9.17) is 9.47 Å². The molecule has 4 heteroatoms. The standard InChI is InChI=1S/C12H14O4/c1-15-9-6-12(11(14)10(9)16-2)5-3-4-8(12)7-13/h4,7H,3,5-6H2,1-2H3. The van der Waals surface area contributed by atoms with Crippen molar-refractivity contribution >= 4 is 12.1 Å². The van der Waals surface area contributed by atoms with E-state index in [-0.39, 0.29) is 11.5 Å². The van der Waals surface area contributed by atoms with Crippen LogP contribution in [-0.2, 0) is 19.1 Å². The third-order valence-electron chi connectivity index (χ3n) is 3.42. The molecular formula is C12H14O4. The number of rotatable bonds is 3. The van der Waals surface area contributed by atoms with Crippen molar-refractivity contribution in [2.75, 3.05) is 14.2 Å². The van der Waals surface area contributed by atoms with Crippen LogP contribution >= 0.6 is 0 Å². The fourth-order valence-electron chi connectivity index (χ4n) is 2.56. The maximum atomic E-state index is 12.2. The lowest BCUT2D eigenvalue weighted by Crippen LogP contribution is -2.28. The zero-order valence-corrected chi connectivity index (χ0v) is 9.41. The van der Waals surface area contributed by atoms with E-state index in [9.17, 15) is 9.59 Å². The van der Waals surface area contributed by atoms with Gasteiger partial charge in [0.15, 0.2) is 0 Å². The summed E-state index contributed by atoms with van der Waals surface area (Å²) in [4.78, 5) is 23.2. The number of Topliss-reactive ketones (excluding diaryl/α,β-unsaturated/α-hetero) is 1. The van der Waals surface area contributed by atoms with E-state index >= 15 is 0 Å². The predicted molar refractivity (Wildman–Crippen MR) is 56.5 cm³/mol. The Balaban J connectivity index is 2.40. The molecule has 0 aromatic rings. The highest BCUT2D eigenvalue weighted by atomic mass is 16.5. The van der Waals surface area contributed by atoms with Gasteiger partial charge in [-0.25, -0.2) is 0 Å². The van der Waals surface area contributed by atoms with Crippen LogP contribution in [0.4, 0.5) is 0 Å². The Morgan fingerprint density at radius 3 is 2.62 bits per heavy atom. The highest BCUT2D eigenvalue weighted by Crippen LogP contribution is 2.50. The average molecular weight is 222 g/mol. The molecule has 1 atom stereocenters. The minimum absolute atomic E-state index is 0.122. The third-order valence-corrected chi connectivity index (χ3v) is 3.42. The number of aldehydes is 1. The molecule has 0 saturated heterocycles. The Kier molecular flexibility index (Phi) is 2.58. The normalized spacial score (nSPS) is 28.6. The molecule has 0 bridgehead atoms. The summed E-state index contributed by atoms with van der Waals surface area (Å²) >= 11 is 0. The second-order valence-electron chi connectivity index (χ2n) is 4.06. The number of carbonyl (C=O) groups excluding carboxylic acids is 2. The Morgan fingerprint density at radius 1 is 1.38 bits per heavy atom. The summed E-state index contributed by atoms with van der Waals surface area (Å²) in [6.07, 6.45) is 4.47. The summed E-state index contributed by atoms with van der Waals surface area (Å²) in [6.45, 7) is 0.